The first kappa shape index (κ1) is 15.0. The summed E-state index contributed by atoms with van der Waals surface area (Å²) in [5.74, 6) is -0.184. The average molecular weight is 316 g/mol. The van der Waals surface area contributed by atoms with Crippen LogP contribution in [0.4, 0.5) is 0 Å². The van der Waals surface area contributed by atoms with Crippen molar-refractivity contribution in [3.63, 3.8) is 0 Å². The van der Waals surface area contributed by atoms with Crippen molar-refractivity contribution in [3.05, 3.63) is 28.2 Å². The highest BCUT2D eigenvalue weighted by Gasteiger charge is 2.38. The number of hydrogen-bond donors (Lipinski definition) is 2. The molecule has 1 rings (SSSR count). The topological polar surface area (TPSA) is 58.6 Å². The number of benzene rings is 1. The van der Waals surface area contributed by atoms with E-state index in [0.29, 0.717) is 5.75 Å². The summed E-state index contributed by atoms with van der Waals surface area (Å²) in [4.78, 5) is 11.4. The van der Waals surface area contributed by atoms with E-state index < -0.39 is 11.4 Å². The Labute approximate surface area is 115 Å². The number of methoxy groups -OCH3 is 1. The first-order valence-electron chi connectivity index (χ1n) is 5.58. The molecule has 0 radical (unpaired) electrons. The molecular formula is C13H18BrNO3. The number of ether oxygens (including phenoxy) is 1. The van der Waals surface area contributed by atoms with Gasteiger partial charge in [0.15, 0.2) is 0 Å². The molecule has 1 atom stereocenters. The van der Waals surface area contributed by atoms with Crippen molar-refractivity contribution in [3.8, 4) is 5.75 Å². The number of nitrogens with one attached hydrogen (secondary N) is 1. The quantitative estimate of drug-likeness (QED) is 0.877. The molecule has 100 valence electrons. The van der Waals surface area contributed by atoms with Crippen molar-refractivity contribution < 1.29 is 14.6 Å². The van der Waals surface area contributed by atoms with Gasteiger partial charge in [-0.05, 0) is 39.1 Å². The Morgan fingerprint density at radius 3 is 2.56 bits per heavy atom. The number of carboxylic acid groups (broad SMARTS) is 1. The second-order valence-corrected chi connectivity index (χ2v) is 5.55. The fourth-order valence-corrected chi connectivity index (χ4v) is 2.34. The number of halogens is 1. The molecule has 18 heavy (non-hydrogen) atoms. The van der Waals surface area contributed by atoms with Crippen molar-refractivity contribution in [1.82, 2.24) is 5.32 Å². The molecule has 0 aromatic heterocycles. The first-order valence-corrected chi connectivity index (χ1v) is 6.38. The molecule has 0 saturated carbocycles. The number of carbonyl (C=O) groups is 1. The minimum atomic E-state index is -0.942. The third kappa shape index (κ3) is 2.84. The van der Waals surface area contributed by atoms with E-state index >= 15 is 0 Å². The zero-order valence-electron chi connectivity index (χ0n) is 11.0. The molecule has 0 spiro atoms. The summed E-state index contributed by atoms with van der Waals surface area (Å²) >= 11 is 3.40. The molecule has 5 heteroatoms. The summed E-state index contributed by atoms with van der Waals surface area (Å²) in [5.41, 5.74) is -0.121. The van der Waals surface area contributed by atoms with Crippen LogP contribution in [-0.4, -0.2) is 25.2 Å². The predicted molar refractivity (Wildman–Crippen MR) is 73.9 cm³/mol. The molecule has 0 aliphatic carbocycles. The highest BCUT2D eigenvalue weighted by molar-refractivity contribution is 9.10. The van der Waals surface area contributed by atoms with E-state index in [1.165, 1.54) is 0 Å². The van der Waals surface area contributed by atoms with Crippen LogP contribution in [0.5, 0.6) is 5.75 Å². The standard InChI is InChI=1S/C13H18BrNO3/c1-13(2,12(16)17)11(15-3)9-7-8(14)5-6-10(9)18-4/h5-7,11,15H,1-4H3,(H,16,17). The van der Waals surface area contributed by atoms with Crippen LogP contribution in [0.15, 0.2) is 22.7 Å². The van der Waals surface area contributed by atoms with Crippen molar-refractivity contribution in [1.29, 1.82) is 0 Å². The predicted octanol–water partition coefficient (Wildman–Crippen LogP) is 2.83. The van der Waals surface area contributed by atoms with Crippen LogP contribution >= 0.6 is 15.9 Å². The van der Waals surface area contributed by atoms with E-state index in [-0.39, 0.29) is 6.04 Å². The number of aliphatic carboxylic acids is 1. The van der Waals surface area contributed by atoms with Crippen LogP contribution in [0.25, 0.3) is 0 Å². The lowest BCUT2D eigenvalue weighted by molar-refractivity contribution is -0.148. The fourth-order valence-electron chi connectivity index (χ4n) is 1.96. The van der Waals surface area contributed by atoms with Crippen LogP contribution < -0.4 is 10.1 Å². The molecule has 4 nitrogen and oxygen atoms in total. The Balaban J connectivity index is 3.32. The highest BCUT2D eigenvalue weighted by Crippen LogP contribution is 2.39. The average Bonchev–Trinajstić information content (AvgIpc) is 2.29. The lowest BCUT2D eigenvalue weighted by Crippen LogP contribution is -2.38. The minimum Gasteiger partial charge on any atom is -0.496 e. The van der Waals surface area contributed by atoms with Crippen LogP contribution in [0, 0.1) is 5.41 Å². The molecule has 0 aliphatic rings. The summed E-state index contributed by atoms with van der Waals surface area (Å²) < 4.78 is 6.19. The SMILES string of the molecule is CNC(c1cc(Br)ccc1OC)C(C)(C)C(=O)O. The van der Waals surface area contributed by atoms with Crippen LogP contribution in [0.2, 0.25) is 0 Å². The Morgan fingerprint density at radius 1 is 1.50 bits per heavy atom. The van der Waals surface area contributed by atoms with Crippen molar-refractivity contribution in [2.24, 2.45) is 5.41 Å². The monoisotopic (exact) mass is 315 g/mol. The third-order valence-corrected chi connectivity index (χ3v) is 3.56. The molecule has 0 bridgehead atoms. The Morgan fingerprint density at radius 2 is 2.11 bits per heavy atom. The van der Waals surface area contributed by atoms with Gasteiger partial charge in [0.2, 0.25) is 0 Å². The normalized spacial score (nSPS) is 13.2. The van der Waals surface area contributed by atoms with Gasteiger partial charge in [-0.1, -0.05) is 15.9 Å². The van der Waals surface area contributed by atoms with E-state index in [1.54, 1.807) is 28.0 Å². The zero-order chi connectivity index (χ0) is 13.9. The molecule has 1 aromatic rings. The molecule has 0 heterocycles. The van der Waals surface area contributed by atoms with Gasteiger partial charge in [-0.15, -0.1) is 0 Å². The Kier molecular flexibility index (Phi) is 4.76. The summed E-state index contributed by atoms with van der Waals surface area (Å²) in [7, 11) is 3.32. The number of rotatable bonds is 5. The number of hydrogen-bond acceptors (Lipinski definition) is 3. The molecule has 1 unspecified atom stereocenters. The van der Waals surface area contributed by atoms with Gasteiger partial charge in [-0.25, -0.2) is 0 Å². The van der Waals surface area contributed by atoms with Gasteiger partial charge in [0.25, 0.3) is 0 Å². The summed E-state index contributed by atoms with van der Waals surface area (Å²) in [5, 5.41) is 12.4. The van der Waals surface area contributed by atoms with Crippen molar-refractivity contribution in [2.45, 2.75) is 19.9 Å². The van der Waals surface area contributed by atoms with Crippen LogP contribution in [-0.2, 0) is 4.79 Å². The second-order valence-electron chi connectivity index (χ2n) is 4.63. The summed E-state index contributed by atoms with van der Waals surface area (Å²) in [6.07, 6.45) is 0. The molecule has 1 aromatic carbocycles. The van der Waals surface area contributed by atoms with E-state index in [2.05, 4.69) is 21.2 Å². The van der Waals surface area contributed by atoms with Gasteiger partial charge in [0.1, 0.15) is 5.75 Å². The molecule has 2 N–H and O–H groups in total. The van der Waals surface area contributed by atoms with Gasteiger partial charge >= 0.3 is 5.97 Å². The van der Waals surface area contributed by atoms with Gasteiger partial charge in [0, 0.05) is 10.0 Å². The smallest absolute Gasteiger partial charge is 0.311 e. The Hall–Kier alpha value is -1.07. The largest absolute Gasteiger partial charge is 0.496 e. The maximum Gasteiger partial charge on any atom is 0.311 e. The third-order valence-electron chi connectivity index (χ3n) is 3.06. The van der Waals surface area contributed by atoms with E-state index in [1.807, 2.05) is 18.2 Å². The maximum atomic E-state index is 11.4. The van der Waals surface area contributed by atoms with Crippen molar-refractivity contribution >= 4 is 21.9 Å². The van der Waals surface area contributed by atoms with Crippen LogP contribution in [0.3, 0.4) is 0 Å². The van der Waals surface area contributed by atoms with E-state index in [4.69, 9.17) is 4.74 Å². The summed E-state index contributed by atoms with van der Waals surface area (Å²) in [6.45, 7) is 3.38. The fraction of sp³-hybridized carbons (Fsp3) is 0.462. The van der Waals surface area contributed by atoms with Gasteiger partial charge in [-0.3, -0.25) is 4.79 Å². The summed E-state index contributed by atoms with van der Waals surface area (Å²) in [6, 6.07) is 5.22. The molecular weight excluding hydrogens is 298 g/mol. The molecule has 0 fully saturated rings. The van der Waals surface area contributed by atoms with E-state index in [0.717, 1.165) is 10.0 Å². The Bertz CT molecular complexity index is 446. The minimum absolute atomic E-state index is 0.345. The first-order chi connectivity index (χ1) is 8.34. The van der Waals surface area contributed by atoms with Gasteiger partial charge in [-0.2, -0.15) is 0 Å². The van der Waals surface area contributed by atoms with Gasteiger partial charge < -0.3 is 15.2 Å². The maximum absolute atomic E-state index is 11.4. The lowest BCUT2D eigenvalue weighted by atomic mass is 9.80. The lowest BCUT2D eigenvalue weighted by Gasteiger charge is -2.31. The molecule has 0 saturated heterocycles. The zero-order valence-corrected chi connectivity index (χ0v) is 12.5. The molecule has 0 amide bonds. The highest BCUT2D eigenvalue weighted by atomic mass is 79.9. The van der Waals surface area contributed by atoms with Crippen LogP contribution in [0.1, 0.15) is 25.5 Å². The van der Waals surface area contributed by atoms with E-state index in [9.17, 15) is 9.90 Å². The molecule has 0 aliphatic heterocycles. The second kappa shape index (κ2) is 5.71. The van der Waals surface area contributed by atoms with Crippen molar-refractivity contribution in [2.75, 3.05) is 14.2 Å². The van der Waals surface area contributed by atoms with Gasteiger partial charge in [0.05, 0.1) is 18.6 Å². The number of carboxylic acids is 1.